The molecule has 4 heteroatoms. The Bertz CT molecular complexity index is 349. The van der Waals surface area contributed by atoms with E-state index in [9.17, 15) is 4.79 Å². The van der Waals surface area contributed by atoms with Gasteiger partial charge in [0.2, 0.25) is 5.91 Å². The first-order valence-electron chi connectivity index (χ1n) is 8.37. The average molecular weight is 294 g/mol. The number of hydrogen-bond acceptors (Lipinski definition) is 3. The highest BCUT2D eigenvalue weighted by molar-refractivity contribution is 5.82. The van der Waals surface area contributed by atoms with Crippen LogP contribution in [-0.2, 0) is 9.53 Å². The molecule has 0 saturated carbocycles. The predicted octanol–water partition coefficient (Wildman–Crippen LogP) is 2.30. The van der Waals surface area contributed by atoms with E-state index in [1.807, 2.05) is 6.08 Å². The van der Waals surface area contributed by atoms with Crippen molar-refractivity contribution in [3.63, 3.8) is 0 Å². The standard InChI is InChI=1S/C17H30N2O2/c1-4-9-18-10-5-6-16(18)17(20)19-11-7-15(8-12-19)13-21-14(2)3/h4,14-16H,1,5-13H2,2-3H3/t16-/m0/s1. The molecule has 0 N–H and O–H groups in total. The Morgan fingerprint density at radius 3 is 2.62 bits per heavy atom. The summed E-state index contributed by atoms with van der Waals surface area (Å²) in [4.78, 5) is 17.0. The van der Waals surface area contributed by atoms with E-state index in [0.717, 1.165) is 58.5 Å². The molecule has 21 heavy (non-hydrogen) atoms. The number of ether oxygens (including phenoxy) is 1. The third-order valence-corrected chi connectivity index (χ3v) is 4.60. The summed E-state index contributed by atoms with van der Waals surface area (Å²) >= 11 is 0. The fourth-order valence-electron chi connectivity index (χ4n) is 3.35. The normalized spacial score (nSPS) is 24.7. The number of amides is 1. The van der Waals surface area contributed by atoms with Crippen LogP contribution in [0.15, 0.2) is 12.7 Å². The van der Waals surface area contributed by atoms with Crippen molar-refractivity contribution in [3.8, 4) is 0 Å². The molecule has 0 bridgehead atoms. The summed E-state index contributed by atoms with van der Waals surface area (Å²) < 4.78 is 5.70. The molecule has 2 aliphatic heterocycles. The van der Waals surface area contributed by atoms with Crippen molar-refractivity contribution in [2.45, 2.75) is 51.7 Å². The monoisotopic (exact) mass is 294 g/mol. The van der Waals surface area contributed by atoms with Gasteiger partial charge in [-0.05, 0) is 52.0 Å². The van der Waals surface area contributed by atoms with Crippen molar-refractivity contribution in [2.75, 3.05) is 32.8 Å². The lowest BCUT2D eigenvalue weighted by molar-refractivity contribution is -0.137. The Labute approximate surface area is 129 Å². The van der Waals surface area contributed by atoms with Gasteiger partial charge in [-0.3, -0.25) is 9.69 Å². The fourth-order valence-corrected chi connectivity index (χ4v) is 3.35. The van der Waals surface area contributed by atoms with Crippen molar-refractivity contribution in [1.82, 2.24) is 9.80 Å². The van der Waals surface area contributed by atoms with Crippen LogP contribution in [0.3, 0.4) is 0 Å². The lowest BCUT2D eigenvalue weighted by atomic mass is 9.97. The van der Waals surface area contributed by atoms with Gasteiger partial charge in [0.25, 0.3) is 0 Å². The van der Waals surface area contributed by atoms with E-state index in [2.05, 4.69) is 30.2 Å². The minimum atomic E-state index is 0.0893. The minimum absolute atomic E-state index is 0.0893. The van der Waals surface area contributed by atoms with E-state index in [1.54, 1.807) is 0 Å². The van der Waals surface area contributed by atoms with E-state index < -0.39 is 0 Å². The third-order valence-electron chi connectivity index (χ3n) is 4.60. The number of rotatable bonds is 6. The maximum atomic E-state index is 12.7. The molecule has 0 aromatic heterocycles. The summed E-state index contributed by atoms with van der Waals surface area (Å²) in [7, 11) is 0. The number of hydrogen-bond donors (Lipinski definition) is 0. The van der Waals surface area contributed by atoms with Gasteiger partial charge in [-0.25, -0.2) is 0 Å². The average Bonchev–Trinajstić information content (AvgIpc) is 2.93. The predicted molar refractivity (Wildman–Crippen MR) is 85.2 cm³/mol. The van der Waals surface area contributed by atoms with Gasteiger partial charge in [-0.2, -0.15) is 0 Å². The first-order chi connectivity index (χ1) is 10.1. The summed E-state index contributed by atoms with van der Waals surface area (Å²) in [5.74, 6) is 0.946. The second-order valence-corrected chi connectivity index (χ2v) is 6.59. The molecule has 0 spiro atoms. The molecule has 4 nitrogen and oxygen atoms in total. The Balaban J connectivity index is 1.78. The summed E-state index contributed by atoms with van der Waals surface area (Å²) in [5.41, 5.74) is 0. The zero-order valence-corrected chi connectivity index (χ0v) is 13.6. The molecular formula is C17H30N2O2. The van der Waals surface area contributed by atoms with Crippen molar-refractivity contribution in [2.24, 2.45) is 5.92 Å². The van der Waals surface area contributed by atoms with Crippen LogP contribution in [0.4, 0.5) is 0 Å². The molecule has 2 aliphatic rings. The van der Waals surface area contributed by atoms with Gasteiger partial charge in [-0.15, -0.1) is 6.58 Å². The smallest absolute Gasteiger partial charge is 0.239 e. The van der Waals surface area contributed by atoms with Crippen LogP contribution in [0.2, 0.25) is 0 Å². The van der Waals surface area contributed by atoms with Crippen LogP contribution in [-0.4, -0.2) is 60.6 Å². The van der Waals surface area contributed by atoms with E-state index in [0.29, 0.717) is 17.9 Å². The molecule has 0 aromatic carbocycles. The number of carbonyl (C=O) groups excluding carboxylic acids is 1. The second-order valence-electron chi connectivity index (χ2n) is 6.59. The van der Waals surface area contributed by atoms with Gasteiger partial charge in [0.15, 0.2) is 0 Å². The molecule has 2 saturated heterocycles. The molecule has 1 atom stereocenters. The second kappa shape index (κ2) is 7.95. The van der Waals surface area contributed by atoms with E-state index >= 15 is 0 Å². The number of piperidine rings is 1. The van der Waals surface area contributed by atoms with Gasteiger partial charge in [0.1, 0.15) is 0 Å². The highest BCUT2D eigenvalue weighted by Gasteiger charge is 2.34. The lowest BCUT2D eigenvalue weighted by Gasteiger charge is -2.35. The molecule has 2 heterocycles. The zero-order valence-electron chi connectivity index (χ0n) is 13.6. The van der Waals surface area contributed by atoms with Gasteiger partial charge in [0, 0.05) is 26.2 Å². The van der Waals surface area contributed by atoms with Crippen LogP contribution in [0.1, 0.15) is 39.5 Å². The number of nitrogens with zero attached hydrogens (tertiary/aromatic N) is 2. The summed E-state index contributed by atoms with van der Waals surface area (Å²) in [5, 5.41) is 0. The highest BCUT2D eigenvalue weighted by Crippen LogP contribution is 2.23. The Morgan fingerprint density at radius 2 is 2.00 bits per heavy atom. The van der Waals surface area contributed by atoms with Crippen LogP contribution in [0, 0.1) is 5.92 Å². The molecule has 1 amide bonds. The number of likely N-dealkylation sites (tertiary alicyclic amines) is 2. The van der Waals surface area contributed by atoms with Crippen LogP contribution < -0.4 is 0 Å². The van der Waals surface area contributed by atoms with Crippen molar-refractivity contribution in [3.05, 3.63) is 12.7 Å². The molecule has 2 rings (SSSR count). The molecule has 0 aromatic rings. The Hall–Kier alpha value is -0.870. The summed E-state index contributed by atoms with van der Waals surface area (Å²) in [6.45, 7) is 12.4. The molecule has 2 fully saturated rings. The SMILES string of the molecule is C=CCN1CCC[C@H]1C(=O)N1CCC(COC(C)C)CC1. The lowest BCUT2D eigenvalue weighted by Crippen LogP contribution is -2.48. The van der Waals surface area contributed by atoms with Crippen LogP contribution in [0.25, 0.3) is 0 Å². The summed E-state index contributed by atoms with van der Waals surface area (Å²) in [6.07, 6.45) is 6.49. The maximum Gasteiger partial charge on any atom is 0.239 e. The van der Waals surface area contributed by atoms with Gasteiger partial charge in [0.05, 0.1) is 12.1 Å². The highest BCUT2D eigenvalue weighted by atomic mass is 16.5. The number of carbonyl (C=O) groups is 1. The topological polar surface area (TPSA) is 32.8 Å². The van der Waals surface area contributed by atoms with Crippen molar-refractivity contribution in [1.29, 1.82) is 0 Å². The van der Waals surface area contributed by atoms with E-state index in [1.165, 1.54) is 0 Å². The van der Waals surface area contributed by atoms with E-state index in [-0.39, 0.29) is 6.04 Å². The quantitative estimate of drug-likeness (QED) is 0.705. The van der Waals surface area contributed by atoms with E-state index in [4.69, 9.17) is 4.74 Å². The Kier molecular flexibility index (Phi) is 6.24. The first-order valence-corrected chi connectivity index (χ1v) is 8.37. The van der Waals surface area contributed by atoms with Crippen LogP contribution >= 0.6 is 0 Å². The Morgan fingerprint density at radius 1 is 1.29 bits per heavy atom. The first kappa shape index (κ1) is 16.5. The van der Waals surface area contributed by atoms with Gasteiger partial charge in [-0.1, -0.05) is 6.08 Å². The van der Waals surface area contributed by atoms with Gasteiger partial charge >= 0.3 is 0 Å². The zero-order chi connectivity index (χ0) is 15.2. The van der Waals surface area contributed by atoms with Crippen LogP contribution in [0.5, 0.6) is 0 Å². The van der Waals surface area contributed by atoms with Crippen molar-refractivity contribution < 1.29 is 9.53 Å². The molecule has 120 valence electrons. The van der Waals surface area contributed by atoms with Crippen molar-refractivity contribution >= 4 is 5.91 Å². The summed E-state index contributed by atoms with van der Waals surface area (Å²) in [6, 6.07) is 0.0893. The molecule has 0 radical (unpaired) electrons. The fraction of sp³-hybridized carbons (Fsp3) is 0.824. The largest absolute Gasteiger partial charge is 0.379 e. The molecule has 0 aliphatic carbocycles. The molecular weight excluding hydrogens is 264 g/mol. The molecule has 0 unspecified atom stereocenters. The van der Waals surface area contributed by atoms with Gasteiger partial charge < -0.3 is 9.64 Å². The minimum Gasteiger partial charge on any atom is -0.379 e. The third kappa shape index (κ3) is 4.55. The maximum absolute atomic E-state index is 12.7.